The van der Waals surface area contributed by atoms with E-state index in [4.69, 9.17) is 43.4 Å². The lowest BCUT2D eigenvalue weighted by Crippen LogP contribution is -2.50. The fourth-order valence-corrected chi connectivity index (χ4v) is 8.55. The van der Waals surface area contributed by atoms with Crippen molar-refractivity contribution in [3.05, 3.63) is 94.9 Å². The van der Waals surface area contributed by atoms with Gasteiger partial charge in [0.05, 0.1) is 26.1 Å². The number of aryl methyl sites for hydroxylation is 1. The fourth-order valence-electron chi connectivity index (χ4n) is 7.49. The smallest absolute Gasteiger partial charge is 0.410 e. The van der Waals surface area contributed by atoms with Crippen LogP contribution in [0, 0.1) is 6.92 Å². The van der Waals surface area contributed by atoms with E-state index < -0.39 is 20.0 Å². The Labute approximate surface area is 386 Å². The van der Waals surface area contributed by atoms with E-state index in [0.717, 1.165) is 46.8 Å². The number of anilines is 2. The van der Waals surface area contributed by atoms with Crippen LogP contribution in [-0.4, -0.2) is 108 Å². The number of benzene rings is 2. The van der Waals surface area contributed by atoms with Crippen LogP contribution in [0.2, 0.25) is 18.1 Å². The quantitative estimate of drug-likeness (QED) is 0.0834. The molecule has 1 saturated heterocycles. The number of pyridine rings is 1. The standard InChI is InChI=1S/C49H70N8O7Si/c1-13-14-40(23-28-62-65(11,12)49(6,7)8)63-46-52-45(56(32-35-15-19-38(60-9)20-16-35)33-36-17-21-39(61-10)22-18-36)44-51-31-41(57(44)53-46)42(58)37-29-34(2)43(50-30-37)54-24-26-55(27-25-54)47(59)64-48(3,4)5/h15-22,29-31,40,42,58H,13-14,23-28,32-33H2,1-12H3. The van der Waals surface area contributed by atoms with Crippen LogP contribution in [0.4, 0.5) is 16.4 Å². The largest absolute Gasteiger partial charge is 0.497 e. The van der Waals surface area contributed by atoms with Gasteiger partial charge in [0.15, 0.2) is 19.8 Å². The average molecular weight is 911 g/mol. The van der Waals surface area contributed by atoms with E-state index in [-0.39, 0.29) is 23.2 Å². The van der Waals surface area contributed by atoms with Gasteiger partial charge in [-0.25, -0.2) is 19.3 Å². The zero-order valence-corrected chi connectivity index (χ0v) is 41.6. The van der Waals surface area contributed by atoms with Gasteiger partial charge in [-0.2, -0.15) is 4.98 Å². The van der Waals surface area contributed by atoms with E-state index in [0.29, 0.717) is 75.0 Å². The molecule has 0 aliphatic carbocycles. The number of imidazole rings is 1. The van der Waals surface area contributed by atoms with Gasteiger partial charge in [-0.3, -0.25) is 0 Å². The highest BCUT2D eigenvalue weighted by Crippen LogP contribution is 2.37. The molecule has 352 valence electrons. The van der Waals surface area contributed by atoms with Crippen LogP contribution in [0.3, 0.4) is 0 Å². The third-order valence-electron chi connectivity index (χ3n) is 12.2. The predicted molar refractivity (Wildman–Crippen MR) is 257 cm³/mol. The van der Waals surface area contributed by atoms with Gasteiger partial charge in [-0.05, 0) is 99.3 Å². The van der Waals surface area contributed by atoms with Crippen molar-refractivity contribution in [3.8, 4) is 17.5 Å². The number of ether oxygens (including phenoxy) is 4. The van der Waals surface area contributed by atoms with Crippen LogP contribution in [-0.2, 0) is 22.3 Å². The van der Waals surface area contributed by atoms with E-state index in [2.05, 4.69) is 50.6 Å². The van der Waals surface area contributed by atoms with Crippen molar-refractivity contribution < 1.29 is 33.3 Å². The molecule has 5 aromatic rings. The van der Waals surface area contributed by atoms with Crippen LogP contribution in [0.1, 0.15) is 102 Å². The van der Waals surface area contributed by atoms with E-state index in [1.54, 1.807) is 36.0 Å². The van der Waals surface area contributed by atoms with Crippen LogP contribution in [0.15, 0.2) is 67.0 Å². The highest BCUT2D eigenvalue weighted by Gasteiger charge is 2.37. The molecule has 1 aliphatic rings. The van der Waals surface area contributed by atoms with Crippen LogP contribution in [0.25, 0.3) is 5.65 Å². The third-order valence-corrected chi connectivity index (χ3v) is 16.7. The summed E-state index contributed by atoms with van der Waals surface area (Å²) in [4.78, 5) is 33.6. The molecule has 6 rings (SSSR count). The molecule has 2 aromatic carbocycles. The van der Waals surface area contributed by atoms with E-state index >= 15 is 0 Å². The van der Waals surface area contributed by atoms with Gasteiger partial charge in [0.2, 0.25) is 0 Å². The summed E-state index contributed by atoms with van der Waals surface area (Å²) in [6, 6.07) is 18.1. The van der Waals surface area contributed by atoms with Gasteiger partial charge in [0.1, 0.15) is 35.1 Å². The second kappa shape index (κ2) is 20.8. The molecule has 3 aromatic heterocycles. The number of nitrogens with zero attached hydrogens (tertiary/aromatic N) is 8. The lowest BCUT2D eigenvalue weighted by molar-refractivity contribution is 0.0240. The summed E-state index contributed by atoms with van der Waals surface area (Å²) < 4.78 is 31.5. The number of carbonyl (C=O) groups excluding carboxylic acids is 1. The molecule has 1 N–H and O–H groups in total. The maximum absolute atomic E-state index is 12.7. The van der Waals surface area contributed by atoms with Crippen LogP contribution < -0.4 is 24.0 Å². The second-order valence-electron chi connectivity index (χ2n) is 19.4. The first kappa shape index (κ1) is 49.0. The molecule has 1 amide bonds. The van der Waals surface area contributed by atoms with E-state index in [1.165, 1.54) is 0 Å². The van der Waals surface area contributed by atoms with Gasteiger partial charge in [0, 0.05) is 64.1 Å². The van der Waals surface area contributed by atoms with Crippen molar-refractivity contribution in [3.63, 3.8) is 0 Å². The molecule has 0 spiro atoms. The van der Waals surface area contributed by atoms with Crippen LogP contribution >= 0.6 is 0 Å². The fraction of sp³-hybridized carbons (Fsp3) is 0.531. The number of methoxy groups -OCH3 is 2. The molecular weight excluding hydrogens is 841 g/mol. The monoisotopic (exact) mass is 911 g/mol. The maximum atomic E-state index is 12.7. The molecule has 15 nitrogen and oxygen atoms in total. The molecule has 65 heavy (non-hydrogen) atoms. The summed E-state index contributed by atoms with van der Waals surface area (Å²) in [5.41, 5.74) is 3.89. The van der Waals surface area contributed by atoms with Crippen molar-refractivity contribution >= 4 is 31.7 Å². The topological polar surface area (TPSA) is 149 Å². The van der Waals surface area contributed by atoms with Crippen molar-refractivity contribution in [2.24, 2.45) is 0 Å². The number of piperazine rings is 1. The molecule has 0 bridgehead atoms. The van der Waals surface area contributed by atoms with Crippen molar-refractivity contribution in [2.45, 2.75) is 124 Å². The zero-order valence-electron chi connectivity index (χ0n) is 40.6. The third kappa shape index (κ3) is 12.5. The number of rotatable bonds is 18. The van der Waals surface area contributed by atoms with E-state index in [9.17, 15) is 9.90 Å². The number of aliphatic hydroxyl groups is 1. The number of aliphatic hydroxyl groups excluding tert-OH is 1. The number of aromatic nitrogens is 5. The molecule has 4 heterocycles. The lowest BCUT2D eigenvalue weighted by Gasteiger charge is -2.36. The van der Waals surface area contributed by atoms with Gasteiger partial charge in [-0.15, -0.1) is 5.10 Å². The summed E-state index contributed by atoms with van der Waals surface area (Å²) in [7, 11) is 1.33. The minimum Gasteiger partial charge on any atom is -0.497 e. The number of hydrogen-bond acceptors (Lipinski definition) is 13. The molecule has 2 atom stereocenters. The highest BCUT2D eigenvalue weighted by atomic mass is 28.4. The Morgan fingerprint density at radius 1 is 0.862 bits per heavy atom. The Kier molecular flexibility index (Phi) is 15.7. The summed E-state index contributed by atoms with van der Waals surface area (Å²) >= 11 is 0. The number of fused-ring (bicyclic) bond motifs is 1. The minimum absolute atomic E-state index is 0.0835. The first-order valence-electron chi connectivity index (χ1n) is 22.7. The van der Waals surface area contributed by atoms with Crippen molar-refractivity contribution in [1.82, 2.24) is 29.5 Å². The Morgan fingerprint density at radius 3 is 1.98 bits per heavy atom. The number of carbonyl (C=O) groups is 1. The SMILES string of the molecule is CCCC(CCO[Si](C)(C)C(C)(C)C)Oc1nc(N(Cc2ccc(OC)cc2)Cc2ccc(OC)cc2)c2ncc(C(O)c3cnc(N4CCN(C(=O)OC(C)(C)C)CC4)c(C)c3)n2n1. The minimum atomic E-state index is -1.98. The van der Waals surface area contributed by atoms with Gasteiger partial charge in [0.25, 0.3) is 0 Å². The Balaban J connectivity index is 1.36. The maximum Gasteiger partial charge on any atom is 0.410 e. The molecular formula is C49H70N8O7Si. The summed E-state index contributed by atoms with van der Waals surface area (Å²) in [6.07, 6.45) is 4.05. The second-order valence-corrected chi connectivity index (χ2v) is 24.2. The Bertz CT molecular complexity index is 2290. The van der Waals surface area contributed by atoms with Crippen molar-refractivity contribution in [2.75, 3.05) is 56.8 Å². The molecule has 0 saturated carbocycles. The van der Waals surface area contributed by atoms with Crippen molar-refractivity contribution in [1.29, 1.82) is 0 Å². The predicted octanol–water partition coefficient (Wildman–Crippen LogP) is 9.15. The lowest BCUT2D eigenvalue weighted by atomic mass is 10.1. The normalized spacial score (nSPS) is 14.6. The van der Waals surface area contributed by atoms with E-state index in [1.807, 2.05) is 82.3 Å². The average Bonchev–Trinajstić information content (AvgIpc) is 3.69. The first-order chi connectivity index (χ1) is 30.8. The van der Waals surface area contributed by atoms with Crippen LogP contribution in [0.5, 0.6) is 17.5 Å². The summed E-state index contributed by atoms with van der Waals surface area (Å²) in [5, 5.41) is 17.2. The highest BCUT2D eigenvalue weighted by molar-refractivity contribution is 6.74. The zero-order chi connectivity index (χ0) is 47.1. The first-order valence-corrected chi connectivity index (χ1v) is 25.6. The molecule has 2 unspecified atom stereocenters. The number of amides is 1. The van der Waals surface area contributed by atoms with Gasteiger partial charge in [-0.1, -0.05) is 58.4 Å². The summed E-state index contributed by atoms with van der Waals surface area (Å²) in [6.45, 7) is 24.8. The Morgan fingerprint density at radius 2 is 1.46 bits per heavy atom. The molecule has 1 fully saturated rings. The Hall–Kier alpha value is -5.45. The van der Waals surface area contributed by atoms with Gasteiger partial charge >= 0.3 is 12.1 Å². The summed E-state index contributed by atoms with van der Waals surface area (Å²) in [5.74, 6) is 2.87. The molecule has 16 heteroatoms. The van der Waals surface area contributed by atoms with Gasteiger partial charge < -0.3 is 43.2 Å². The molecule has 1 aliphatic heterocycles. The number of hydrogen-bond donors (Lipinski definition) is 1. The molecule has 0 radical (unpaired) electrons.